The fourth-order valence-corrected chi connectivity index (χ4v) is 4.54. The molecule has 7 nitrogen and oxygen atoms in total. The molecule has 0 unspecified atom stereocenters. The fraction of sp³-hybridized carbons (Fsp3) is 0.219. The largest absolute Gasteiger partial charge is 0.494 e. The van der Waals surface area contributed by atoms with E-state index in [0.29, 0.717) is 43.5 Å². The minimum Gasteiger partial charge on any atom is -0.494 e. The molecule has 39 heavy (non-hydrogen) atoms. The Labute approximate surface area is 227 Å². The molecule has 0 radical (unpaired) electrons. The molecule has 0 spiro atoms. The van der Waals surface area contributed by atoms with Crippen molar-refractivity contribution in [3.05, 3.63) is 101 Å². The van der Waals surface area contributed by atoms with Gasteiger partial charge in [0.05, 0.1) is 13.0 Å². The summed E-state index contributed by atoms with van der Waals surface area (Å²) in [7, 11) is 0. The summed E-state index contributed by atoms with van der Waals surface area (Å²) in [5.74, 6) is -0.936. The molecule has 4 aromatic rings. The molecule has 0 amide bonds. The standard InChI is InChI=1S/C32H31NO6/c34-29(24-7-2-1-3-8-24)11-6-20-39-27-17-14-23(15-18-27)13-16-25-9-4-10-28-32(25)26(21-31(37)38)22-33(28)19-5-12-30(35)36/h1-4,7-10,13-18,22H,5-6,11-12,19-21H2,(H,35,36)(H,37,38)/b16-13+. The van der Waals surface area contributed by atoms with Crippen LogP contribution in [-0.4, -0.2) is 39.1 Å². The predicted molar refractivity (Wildman–Crippen MR) is 151 cm³/mol. The number of ether oxygens (including phenoxy) is 1. The van der Waals surface area contributed by atoms with Crippen LogP contribution >= 0.6 is 0 Å². The highest BCUT2D eigenvalue weighted by atomic mass is 16.5. The molecule has 1 aromatic heterocycles. The number of Topliss-reactive ketones (excluding diaryl/α,β-unsaturated/α-hetero) is 1. The number of hydrogen-bond donors (Lipinski definition) is 2. The number of carbonyl (C=O) groups excluding carboxylic acids is 1. The van der Waals surface area contributed by atoms with Crippen LogP contribution in [-0.2, 0) is 22.6 Å². The maximum Gasteiger partial charge on any atom is 0.307 e. The zero-order chi connectivity index (χ0) is 27.6. The molecule has 3 aromatic carbocycles. The monoisotopic (exact) mass is 525 g/mol. The lowest BCUT2D eigenvalue weighted by molar-refractivity contribution is -0.137. The highest BCUT2D eigenvalue weighted by molar-refractivity contribution is 5.96. The third-order valence-corrected chi connectivity index (χ3v) is 6.40. The number of aromatic nitrogens is 1. The first-order valence-electron chi connectivity index (χ1n) is 12.9. The minimum atomic E-state index is -0.918. The van der Waals surface area contributed by atoms with Gasteiger partial charge >= 0.3 is 11.9 Å². The highest BCUT2D eigenvalue weighted by Crippen LogP contribution is 2.28. The van der Waals surface area contributed by atoms with Gasteiger partial charge in [0.2, 0.25) is 0 Å². The summed E-state index contributed by atoms with van der Waals surface area (Å²) in [4.78, 5) is 34.6. The third-order valence-electron chi connectivity index (χ3n) is 6.40. The summed E-state index contributed by atoms with van der Waals surface area (Å²) in [6.45, 7) is 0.947. The molecule has 0 saturated heterocycles. The molecular weight excluding hydrogens is 494 g/mol. The van der Waals surface area contributed by atoms with Crippen LogP contribution in [0.25, 0.3) is 23.1 Å². The Morgan fingerprint density at radius 1 is 0.795 bits per heavy atom. The van der Waals surface area contributed by atoms with E-state index in [1.807, 2.05) is 95.7 Å². The lowest BCUT2D eigenvalue weighted by Crippen LogP contribution is -2.03. The van der Waals surface area contributed by atoms with Gasteiger partial charge in [-0.15, -0.1) is 0 Å². The molecule has 2 N–H and O–H groups in total. The summed E-state index contributed by atoms with van der Waals surface area (Å²) in [5.41, 5.74) is 4.15. The van der Waals surface area contributed by atoms with Gasteiger partial charge in [-0.05, 0) is 47.7 Å². The lowest BCUT2D eigenvalue weighted by Gasteiger charge is -2.07. The number of nitrogens with zero attached hydrogens (tertiary/aromatic N) is 1. The second kappa shape index (κ2) is 13.2. The molecule has 0 fully saturated rings. The van der Waals surface area contributed by atoms with Crippen LogP contribution in [0, 0.1) is 0 Å². The summed E-state index contributed by atoms with van der Waals surface area (Å²) in [6.07, 6.45) is 7.20. The van der Waals surface area contributed by atoms with Crippen LogP contribution in [0.4, 0.5) is 0 Å². The van der Waals surface area contributed by atoms with Gasteiger partial charge in [0, 0.05) is 42.0 Å². The van der Waals surface area contributed by atoms with Crippen LogP contribution < -0.4 is 4.74 Å². The van der Waals surface area contributed by atoms with Crippen LogP contribution in [0.2, 0.25) is 0 Å². The number of aliphatic carboxylic acids is 2. The van der Waals surface area contributed by atoms with Gasteiger partial charge in [-0.3, -0.25) is 14.4 Å². The van der Waals surface area contributed by atoms with E-state index in [1.54, 1.807) is 0 Å². The minimum absolute atomic E-state index is 0.0546. The van der Waals surface area contributed by atoms with E-state index in [0.717, 1.165) is 27.8 Å². The van der Waals surface area contributed by atoms with E-state index in [1.165, 1.54) is 0 Å². The summed E-state index contributed by atoms with van der Waals surface area (Å²) >= 11 is 0. The zero-order valence-corrected chi connectivity index (χ0v) is 21.6. The number of carboxylic acid groups (broad SMARTS) is 2. The fourth-order valence-electron chi connectivity index (χ4n) is 4.54. The quantitative estimate of drug-likeness (QED) is 0.113. The molecule has 0 atom stereocenters. The summed E-state index contributed by atoms with van der Waals surface area (Å²) < 4.78 is 7.74. The molecule has 0 aliphatic rings. The molecule has 0 saturated carbocycles. The van der Waals surface area contributed by atoms with Crippen molar-refractivity contribution in [1.82, 2.24) is 4.57 Å². The van der Waals surface area contributed by atoms with Crippen LogP contribution in [0.15, 0.2) is 79.0 Å². The van der Waals surface area contributed by atoms with Crippen molar-refractivity contribution in [2.24, 2.45) is 0 Å². The van der Waals surface area contributed by atoms with Crippen molar-refractivity contribution >= 4 is 40.8 Å². The maximum atomic E-state index is 12.2. The Bertz CT molecular complexity index is 1470. The average Bonchev–Trinajstić information content (AvgIpc) is 3.27. The molecule has 200 valence electrons. The highest BCUT2D eigenvalue weighted by Gasteiger charge is 2.14. The first-order chi connectivity index (χ1) is 18.9. The molecular formula is C32H31NO6. The number of aryl methyl sites for hydroxylation is 1. The van der Waals surface area contributed by atoms with Crippen molar-refractivity contribution in [2.45, 2.75) is 38.6 Å². The molecule has 4 rings (SSSR count). The van der Waals surface area contributed by atoms with E-state index >= 15 is 0 Å². The van der Waals surface area contributed by atoms with Gasteiger partial charge in [-0.1, -0.05) is 66.7 Å². The van der Waals surface area contributed by atoms with Gasteiger partial charge < -0.3 is 19.5 Å². The summed E-state index contributed by atoms with van der Waals surface area (Å²) in [6, 6.07) is 22.7. The van der Waals surface area contributed by atoms with E-state index < -0.39 is 11.9 Å². The van der Waals surface area contributed by atoms with E-state index in [2.05, 4.69) is 0 Å². The van der Waals surface area contributed by atoms with Crippen molar-refractivity contribution in [1.29, 1.82) is 0 Å². The van der Waals surface area contributed by atoms with Crippen molar-refractivity contribution in [3.63, 3.8) is 0 Å². The van der Waals surface area contributed by atoms with E-state index in [4.69, 9.17) is 9.84 Å². The zero-order valence-electron chi connectivity index (χ0n) is 21.6. The van der Waals surface area contributed by atoms with Gasteiger partial charge in [0.15, 0.2) is 5.78 Å². The third kappa shape index (κ3) is 7.68. The van der Waals surface area contributed by atoms with Crippen LogP contribution in [0.1, 0.15) is 52.7 Å². The van der Waals surface area contributed by atoms with E-state index in [-0.39, 0.29) is 18.6 Å². The second-order valence-electron chi connectivity index (χ2n) is 9.30. The normalized spacial score (nSPS) is 11.2. The first kappa shape index (κ1) is 27.4. The van der Waals surface area contributed by atoms with Gasteiger partial charge in [0.25, 0.3) is 0 Å². The van der Waals surface area contributed by atoms with Crippen LogP contribution in [0.5, 0.6) is 5.75 Å². The Morgan fingerprint density at radius 2 is 1.56 bits per heavy atom. The molecule has 0 bridgehead atoms. The Morgan fingerprint density at radius 3 is 2.28 bits per heavy atom. The smallest absolute Gasteiger partial charge is 0.307 e. The number of benzene rings is 3. The average molecular weight is 526 g/mol. The van der Waals surface area contributed by atoms with Crippen LogP contribution in [0.3, 0.4) is 0 Å². The van der Waals surface area contributed by atoms with E-state index in [9.17, 15) is 19.5 Å². The number of ketones is 1. The van der Waals surface area contributed by atoms with Gasteiger partial charge in [0.1, 0.15) is 5.75 Å². The molecule has 0 aliphatic heterocycles. The lowest BCUT2D eigenvalue weighted by atomic mass is 10.0. The summed E-state index contributed by atoms with van der Waals surface area (Å²) in [5, 5.41) is 19.3. The number of rotatable bonds is 14. The Balaban J connectivity index is 1.40. The number of hydrogen-bond acceptors (Lipinski definition) is 4. The molecule has 1 heterocycles. The Hall–Kier alpha value is -4.65. The predicted octanol–water partition coefficient (Wildman–Crippen LogP) is 6.35. The topological polar surface area (TPSA) is 106 Å². The SMILES string of the molecule is O=C(O)CCCn1cc(CC(=O)O)c2c(/C=C/c3ccc(OCCCC(=O)c4ccccc4)cc3)cccc21. The number of carboxylic acids is 2. The molecule has 0 aliphatic carbocycles. The Kier molecular flexibility index (Phi) is 9.29. The molecule has 7 heteroatoms. The van der Waals surface area contributed by atoms with Crippen molar-refractivity contribution in [3.8, 4) is 5.75 Å². The number of carbonyl (C=O) groups is 3. The van der Waals surface area contributed by atoms with Crippen molar-refractivity contribution < 1.29 is 29.3 Å². The maximum absolute atomic E-state index is 12.2. The first-order valence-corrected chi connectivity index (χ1v) is 12.9. The van der Waals surface area contributed by atoms with Crippen molar-refractivity contribution in [2.75, 3.05) is 6.61 Å². The van der Waals surface area contributed by atoms with Gasteiger partial charge in [-0.2, -0.15) is 0 Å². The second-order valence-corrected chi connectivity index (χ2v) is 9.30. The van der Waals surface area contributed by atoms with Gasteiger partial charge in [-0.25, -0.2) is 0 Å². The number of fused-ring (bicyclic) bond motifs is 1.